The van der Waals surface area contributed by atoms with Crippen molar-refractivity contribution < 1.29 is 4.79 Å². The van der Waals surface area contributed by atoms with Crippen molar-refractivity contribution in [1.82, 2.24) is 4.90 Å². The average Bonchev–Trinajstić information content (AvgIpc) is 2.34. The summed E-state index contributed by atoms with van der Waals surface area (Å²) in [7, 11) is 0. The van der Waals surface area contributed by atoms with Gasteiger partial charge in [-0.1, -0.05) is 32.9 Å². The third-order valence-electron chi connectivity index (χ3n) is 3.25. The largest absolute Gasteiger partial charge is 0.335 e. The fourth-order valence-electron chi connectivity index (χ4n) is 2.01. The molecule has 0 radical (unpaired) electrons. The second kappa shape index (κ2) is 6.20. The Hall–Kier alpha value is -1.35. The van der Waals surface area contributed by atoms with Crippen LogP contribution in [-0.2, 0) is 5.41 Å². The highest BCUT2D eigenvalue weighted by molar-refractivity contribution is 5.94. The summed E-state index contributed by atoms with van der Waals surface area (Å²) in [5.74, 6) is 0.0564. The van der Waals surface area contributed by atoms with E-state index < -0.39 is 0 Å². The number of nitrogens with two attached hydrogens (primary N) is 1. The van der Waals surface area contributed by atoms with Crippen molar-refractivity contribution >= 4 is 5.91 Å². The number of carbonyl (C=O) groups is 1. The molecule has 106 valence electrons. The van der Waals surface area contributed by atoms with E-state index in [0.717, 1.165) is 5.56 Å². The minimum atomic E-state index is 0.0564. The quantitative estimate of drug-likeness (QED) is 0.907. The Morgan fingerprint density at radius 2 is 1.74 bits per heavy atom. The van der Waals surface area contributed by atoms with Gasteiger partial charge in [-0.2, -0.15) is 0 Å². The van der Waals surface area contributed by atoms with Gasteiger partial charge in [0.05, 0.1) is 0 Å². The lowest BCUT2D eigenvalue weighted by atomic mass is 9.86. The molecule has 0 spiro atoms. The maximum Gasteiger partial charge on any atom is 0.254 e. The van der Waals surface area contributed by atoms with Crippen LogP contribution in [0, 0.1) is 0 Å². The summed E-state index contributed by atoms with van der Waals surface area (Å²) in [5, 5.41) is 0. The van der Waals surface area contributed by atoms with Gasteiger partial charge in [0.1, 0.15) is 0 Å². The van der Waals surface area contributed by atoms with Crippen molar-refractivity contribution in [3.63, 3.8) is 0 Å². The van der Waals surface area contributed by atoms with Gasteiger partial charge in [-0.3, -0.25) is 4.79 Å². The van der Waals surface area contributed by atoms with Crippen molar-refractivity contribution in [3.05, 3.63) is 35.4 Å². The lowest BCUT2D eigenvalue weighted by molar-refractivity contribution is 0.0712. The zero-order valence-electron chi connectivity index (χ0n) is 12.7. The van der Waals surface area contributed by atoms with Crippen LogP contribution in [0.3, 0.4) is 0 Å². The Morgan fingerprint density at radius 3 is 2.11 bits per heavy atom. The molecular formula is C16H26N2O. The first-order valence-electron chi connectivity index (χ1n) is 6.89. The summed E-state index contributed by atoms with van der Waals surface area (Å²) >= 11 is 0. The van der Waals surface area contributed by atoms with Gasteiger partial charge in [-0.25, -0.2) is 0 Å². The SMILES string of the molecule is CC(C)N(CCN)C(=O)c1ccc(C(C)(C)C)cc1. The molecule has 0 aliphatic rings. The molecular weight excluding hydrogens is 236 g/mol. The van der Waals surface area contributed by atoms with Crippen LogP contribution in [0.2, 0.25) is 0 Å². The topological polar surface area (TPSA) is 46.3 Å². The number of amides is 1. The number of hydrogen-bond donors (Lipinski definition) is 1. The third kappa shape index (κ3) is 4.06. The highest BCUT2D eigenvalue weighted by Crippen LogP contribution is 2.22. The molecule has 19 heavy (non-hydrogen) atoms. The van der Waals surface area contributed by atoms with Gasteiger partial charge in [-0.15, -0.1) is 0 Å². The third-order valence-corrected chi connectivity index (χ3v) is 3.25. The zero-order chi connectivity index (χ0) is 14.6. The Bertz CT molecular complexity index is 415. The van der Waals surface area contributed by atoms with E-state index in [1.54, 1.807) is 0 Å². The zero-order valence-corrected chi connectivity index (χ0v) is 12.7. The van der Waals surface area contributed by atoms with Crippen LogP contribution >= 0.6 is 0 Å². The molecule has 0 aromatic heterocycles. The molecule has 0 aliphatic heterocycles. The monoisotopic (exact) mass is 262 g/mol. The molecule has 1 amide bonds. The van der Waals surface area contributed by atoms with Gasteiger partial charge in [0.25, 0.3) is 5.91 Å². The predicted octanol–water partition coefficient (Wildman–Crippen LogP) is 2.79. The lowest BCUT2D eigenvalue weighted by Gasteiger charge is -2.26. The number of benzene rings is 1. The van der Waals surface area contributed by atoms with Crippen molar-refractivity contribution in [2.24, 2.45) is 5.73 Å². The molecule has 0 fully saturated rings. The summed E-state index contributed by atoms with van der Waals surface area (Å²) < 4.78 is 0. The highest BCUT2D eigenvalue weighted by atomic mass is 16.2. The van der Waals surface area contributed by atoms with Gasteiger partial charge in [0.2, 0.25) is 0 Å². The van der Waals surface area contributed by atoms with E-state index in [0.29, 0.717) is 13.1 Å². The maximum atomic E-state index is 12.4. The van der Waals surface area contributed by atoms with Gasteiger partial charge in [-0.05, 0) is 37.0 Å². The Balaban J connectivity index is 2.94. The fraction of sp³-hybridized carbons (Fsp3) is 0.562. The summed E-state index contributed by atoms with van der Waals surface area (Å²) in [6, 6.07) is 8.06. The van der Waals surface area contributed by atoms with Crippen LogP contribution in [0.5, 0.6) is 0 Å². The highest BCUT2D eigenvalue weighted by Gasteiger charge is 2.19. The molecule has 0 saturated carbocycles. The van der Waals surface area contributed by atoms with E-state index in [1.165, 1.54) is 5.56 Å². The lowest BCUT2D eigenvalue weighted by Crippen LogP contribution is -2.40. The van der Waals surface area contributed by atoms with E-state index in [2.05, 4.69) is 20.8 Å². The summed E-state index contributed by atoms with van der Waals surface area (Å²) in [6.07, 6.45) is 0. The molecule has 1 aromatic rings. The number of rotatable bonds is 4. The second-order valence-corrected chi connectivity index (χ2v) is 6.21. The Labute approximate surface area is 116 Å². The molecule has 0 saturated heterocycles. The van der Waals surface area contributed by atoms with E-state index in [4.69, 9.17) is 5.73 Å². The number of hydrogen-bond acceptors (Lipinski definition) is 2. The van der Waals surface area contributed by atoms with E-state index >= 15 is 0 Å². The smallest absolute Gasteiger partial charge is 0.254 e. The molecule has 0 heterocycles. The Kier molecular flexibility index (Phi) is 5.12. The summed E-state index contributed by atoms with van der Waals surface area (Å²) in [5.41, 5.74) is 7.64. The summed E-state index contributed by atoms with van der Waals surface area (Å²) in [6.45, 7) is 11.6. The van der Waals surface area contributed by atoms with Crippen molar-refractivity contribution in [1.29, 1.82) is 0 Å². The molecule has 0 unspecified atom stereocenters. The van der Waals surface area contributed by atoms with Crippen molar-refractivity contribution in [2.75, 3.05) is 13.1 Å². The van der Waals surface area contributed by atoms with Crippen LogP contribution in [0.25, 0.3) is 0 Å². The fourth-order valence-corrected chi connectivity index (χ4v) is 2.01. The minimum absolute atomic E-state index is 0.0564. The van der Waals surface area contributed by atoms with Gasteiger partial charge in [0.15, 0.2) is 0 Å². The molecule has 3 nitrogen and oxygen atoms in total. The second-order valence-electron chi connectivity index (χ2n) is 6.21. The molecule has 3 heteroatoms. The van der Waals surface area contributed by atoms with Crippen LogP contribution < -0.4 is 5.73 Å². The standard InChI is InChI=1S/C16H26N2O/c1-12(2)18(11-10-17)15(19)13-6-8-14(9-7-13)16(3,4)5/h6-9,12H,10-11,17H2,1-5H3. The predicted molar refractivity (Wildman–Crippen MR) is 80.4 cm³/mol. The number of carbonyl (C=O) groups excluding carboxylic acids is 1. The molecule has 2 N–H and O–H groups in total. The van der Waals surface area contributed by atoms with Gasteiger partial charge < -0.3 is 10.6 Å². The minimum Gasteiger partial charge on any atom is -0.335 e. The average molecular weight is 262 g/mol. The Morgan fingerprint density at radius 1 is 1.21 bits per heavy atom. The van der Waals surface area contributed by atoms with E-state index in [-0.39, 0.29) is 17.4 Å². The first kappa shape index (κ1) is 15.7. The first-order valence-corrected chi connectivity index (χ1v) is 6.89. The van der Waals surface area contributed by atoms with Crippen LogP contribution in [-0.4, -0.2) is 29.9 Å². The van der Waals surface area contributed by atoms with Crippen LogP contribution in [0.15, 0.2) is 24.3 Å². The number of nitrogens with zero attached hydrogens (tertiary/aromatic N) is 1. The molecule has 0 aliphatic carbocycles. The van der Waals surface area contributed by atoms with Crippen LogP contribution in [0.4, 0.5) is 0 Å². The first-order chi connectivity index (χ1) is 8.77. The maximum absolute atomic E-state index is 12.4. The van der Waals surface area contributed by atoms with E-state index in [9.17, 15) is 4.79 Å². The van der Waals surface area contributed by atoms with Crippen molar-refractivity contribution in [3.8, 4) is 0 Å². The molecule has 1 rings (SSSR count). The van der Waals surface area contributed by atoms with Crippen molar-refractivity contribution in [2.45, 2.75) is 46.1 Å². The van der Waals surface area contributed by atoms with Crippen LogP contribution in [0.1, 0.15) is 50.5 Å². The molecule has 0 bridgehead atoms. The molecule has 0 atom stereocenters. The normalized spacial score (nSPS) is 11.7. The molecule has 1 aromatic carbocycles. The van der Waals surface area contributed by atoms with Gasteiger partial charge >= 0.3 is 0 Å². The summed E-state index contributed by atoms with van der Waals surface area (Å²) in [4.78, 5) is 14.2. The van der Waals surface area contributed by atoms with Gasteiger partial charge in [0, 0.05) is 24.7 Å². The van der Waals surface area contributed by atoms with E-state index in [1.807, 2.05) is 43.0 Å².